The quantitative estimate of drug-likeness (QED) is 0.677. The summed E-state index contributed by atoms with van der Waals surface area (Å²) >= 11 is 0. The molecule has 0 aliphatic heterocycles. The zero-order chi connectivity index (χ0) is 10.2. The molecule has 2 atom stereocenters. The lowest BCUT2D eigenvalue weighted by Crippen LogP contribution is -2.02. The van der Waals surface area contributed by atoms with Gasteiger partial charge in [-0.1, -0.05) is 38.2 Å². The van der Waals surface area contributed by atoms with Crippen LogP contribution in [0.3, 0.4) is 0 Å². The summed E-state index contributed by atoms with van der Waals surface area (Å²) in [7, 11) is 0. The summed E-state index contributed by atoms with van der Waals surface area (Å²) in [5, 5.41) is 8.87. The van der Waals surface area contributed by atoms with E-state index in [4.69, 9.17) is 5.11 Å². The third-order valence-electron chi connectivity index (χ3n) is 2.76. The standard InChI is InChI=1S/C11H16O2/c1-7(2)5-6-8-9(10(12)13)11(8,3)4/h5-6,8-9H,1H2,2-4H3,(H,12,13). The van der Waals surface area contributed by atoms with Crippen LogP contribution in [-0.2, 0) is 4.79 Å². The molecule has 2 heteroatoms. The van der Waals surface area contributed by atoms with E-state index in [-0.39, 0.29) is 17.3 Å². The molecular formula is C11H16O2. The van der Waals surface area contributed by atoms with Gasteiger partial charge in [0.2, 0.25) is 0 Å². The van der Waals surface area contributed by atoms with Crippen molar-refractivity contribution in [3.05, 3.63) is 24.3 Å². The van der Waals surface area contributed by atoms with Gasteiger partial charge in [-0.2, -0.15) is 0 Å². The third kappa shape index (κ3) is 1.82. The van der Waals surface area contributed by atoms with Crippen LogP contribution in [0, 0.1) is 17.3 Å². The van der Waals surface area contributed by atoms with Crippen LogP contribution >= 0.6 is 0 Å². The molecule has 0 spiro atoms. The normalized spacial score (nSPS) is 30.4. The summed E-state index contributed by atoms with van der Waals surface area (Å²) in [5.74, 6) is -0.744. The predicted octanol–water partition coefficient (Wildman–Crippen LogP) is 2.48. The van der Waals surface area contributed by atoms with Gasteiger partial charge < -0.3 is 5.11 Å². The van der Waals surface area contributed by atoms with Gasteiger partial charge in [0.25, 0.3) is 0 Å². The second-order valence-corrected chi connectivity index (χ2v) is 4.37. The molecule has 72 valence electrons. The number of hydrogen-bond acceptors (Lipinski definition) is 1. The van der Waals surface area contributed by atoms with Crippen molar-refractivity contribution in [1.29, 1.82) is 0 Å². The van der Waals surface area contributed by atoms with Crippen LogP contribution in [-0.4, -0.2) is 11.1 Å². The summed E-state index contributed by atoms with van der Waals surface area (Å²) in [6.07, 6.45) is 3.86. The number of carboxylic acids is 1. The second kappa shape index (κ2) is 3.02. The molecule has 0 amide bonds. The molecule has 13 heavy (non-hydrogen) atoms. The monoisotopic (exact) mass is 180 g/mol. The number of carbonyl (C=O) groups is 1. The fourth-order valence-electron chi connectivity index (χ4n) is 1.78. The fourth-order valence-corrected chi connectivity index (χ4v) is 1.78. The first-order chi connectivity index (χ1) is 5.87. The first kappa shape index (κ1) is 10.0. The fraction of sp³-hybridized carbons (Fsp3) is 0.545. The molecule has 1 N–H and O–H groups in total. The van der Waals surface area contributed by atoms with Crippen LogP contribution in [0.4, 0.5) is 0 Å². The molecule has 1 rings (SSSR count). The van der Waals surface area contributed by atoms with E-state index < -0.39 is 5.97 Å². The Labute approximate surface area is 79.0 Å². The molecule has 0 radical (unpaired) electrons. The summed E-state index contributed by atoms with van der Waals surface area (Å²) in [6, 6.07) is 0. The first-order valence-corrected chi connectivity index (χ1v) is 4.44. The average molecular weight is 180 g/mol. The molecule has 2 nitrogen and oxygen atoms in total. The lowest BCUT2D eigenvalue weighted by atomic mass is 10.1. The average Bonchev–Trinajstić information content (AvgIpc) is 2.48. The van der Waals surface area contributed by atoms with E-state index in [9.17, 15) is 4.79 Å². The van der Waals surface area contributed by atoms with Crippen LogP contribution in [0.5, 0.6) is 0 Å². The maximum Gasteiger partial charge on any atom is 0.307 e. The third-order valence-corrected chi connectivity index (χ3v) is 2.76. The lowest BCUT2D eigenvalue weighted by Gasteiger charge is -1.96. The molecule has 0 aromatic carbocycles. The molecule has 0 bridgehead atoms. The Kier molecular flexibility index (Phi) is 2.33. The van der Waals surface area contributed by atoms with Gasteiger partial charge in [0.05, 0.1) is 5.92 Å². The van der Waals surface area contributed by atoms with Gasteiger partial charge >= 0.3 is 5.97 Å². The van der Waals surface area contributed by atoms with E-state index in [2.05, 4.69) is 6.58 Å². The van der Waals surface area contributed by atoms with Crippen molar-refractivity contribution < 1.29 is 9.90 Å². The minimum absolute atomic E-state index is 0.0855. The van der Waals surface area contributed by atoms with Crippen LogP contribution in [0.1, 0.15) is 20.8 Å². The van der Waals surface area contributed by atoms with E-state index in [0.717, 1.165) is 5.57 Å². The van der Waals surface area contributed by atoms with Crippen molar-refractivity contribution in [1.82, 2.24) is 0 Å². The molecule has 2 unspecified atom stereocenters. The molecule has 1 fully saturated rings. The molecule has 1 saturated carbocycles. The highest BCUT2D eigenvalue weighted by Gasteiger charge is 2.60. The van der Waals surface area contributed by atoms with Crippen molar-refractivity contribution in [2.24, 2.45) is 17.3 Å². The molecule has 0 heterocycles. The van der Waals surface area contributed by atoms with E-state index in [1.807, 2.05) is 32.9 Å². The highest BCUT2D eigenvalue weighted by molar-refractivity contribution is 5.76. The Morgan fingerprint density at radius 2 is 2.08 bits per heavy atom. The van der Waals surface area contributed by atoms with E-state index >= 15 is 0 Å². The van der Waals surface area contributed by atoms with Crippen molar-refractivity contribution in [2.45, 2.75) is 20.8 Å². The van der Waals surface area contributed by atoms with Crippen LogP contribution in [0.15, 0.2) is 24.3 Å². The second-order valence-electron chi connectivity index (χ2n) is 4.37. The SMILES string of the molecule is C=C(C)C=CC1C(C(=O)O)C1(C)C. The Morgan fingerprint density at radius 1 is 1.54 bits per heavy atom. The Bertz CT molecular complexity index is 274. The van der Waals surface area contributed by atoms with Gasteiger partial charge in [-0.25, -0.2) is 0 Å². The molecule has 1 aliphatic rings. The Morgan fingerprint density at radius 3 is 2.38 bits per heavy atom. The van der Waals surface area contributed by atoms with Crippen LogP contribution in [0.2, 0.25) is 0 Å². The molecular weight excluding hydrogens is 164 g/mol. The van der Waals surface area contributed by atoms with E-state index in [1.54, 1.807) is 0 Å². The number of allylic oxidation sites excluding steroid dienone is 3. The molecule has 0 saturated heterocycles. The minimum atomic E-state index is -0.693. The van der Waals surface area contributed by atoms with Gasteiger partial charge in [-0.3, -0.25) is 4.79 Å². The number of hydrogen-bond donors (Lipinski definition) is 1. The van der Waals surface area contributed by atoms with Crippen molar-refractivity contribution >= 4 is 5.97 Å². The lowest BCUT2D eigenvalue weighted by molar-refractivity contribution is -0.139. The number of rotatable bonds is 3. The Hall–Kier alpha value is -1.05. The van der Waals surface area contributed by atoms with Gasteiger partial charge in [-0.15, -0.1) is 0 Å². The number of aliphatic carboxylic acids is 1. The summed E-state index contributed by atoms with van der Waals surface area (Å²) in [5.41, 5.74) is 0.879. The number of carboxylic acid groups (broad SMARTS) is 1. The smallest absolute Gasteiger partial charge is 0.307 e. The first-order valence-electron chi connectivity index (χ1n) is 4.44. The molecule has 1 aliphatic carbocycles. The zero-order valence-corrected chi connectivity index (χ0v) is 8.37. The molecule has 0 aromatic heterocycles. The van der Waals surface area contributed by atoms with Gasteiger partial charge in [0.1, 0.15) is 0 Å². The highest BCUT2D eigenvalue weighted by atomic mass is 16.4. The van der Waals surface area contributed by atoms with Gasteiger partial charge in [0, 0.05) is 0 Å². The van der Waals surface area contributed by atoms with Crippen molar-refractivity contribution in [3.8, 4) is 0 Å². The van der Waals surface area contributed by atoms with Crippen molar-refractivity contribution in [2.75, 3.05) is 0 Å². The largest absolute Gasteiger partial charge is 0.481 e. The van der Waals surface area contributed by atoms with Crippen LogP contribution in [0.25, 0.3) is 0 Å². The van der Waals surface area contributed by atoms with Gasteiger partial charge in [0.15, 0.2) is 0 Å². The van der Waals surface area contributed by atoms with Crippen LogP contribution < -0.4 is 0 Å². The summed E-state index contributed by atoms with van der Waals surface area (Å²) < 4.78 is 0. The minimum Gasteiger partial charge on any atom is -0.481 e. The maximum absolute atomic E-state index is 10.8. The predicted molar refractivity (Wildman–Crippen MR) is 52.4 cm³/mol. The summed E-state index contributed by atoms with van der Waals surface area (Å²) in [6.45, 7) is 9.61. The molecule has 0 aromatic rings. The maximum atomic E-state index is 10.8. The van der Waals surface area contributed by atoms with Gasteiger partial charge in [-0.05, 0) is 18.3 Å². The highest BCUT2D eigenvalue weighted by Crippen LogP contribution is 2.59. The Balaban J connectivity index is 2.66. The zero-order valence-electron chi connectivity index (χ0n) is 8.37. The topological polar surface area (TPSA) is 37.3 Å². The van der Waals surface area contributed by atoms with E-state index in [1.165, 1.54) is 0 Å². The van der Waals surface area contributed by atoms with E-state index in [0.29, 0.717) is 0 Å². The van der Waals surface area contributed by atoms with Crippen molar-refractivity contribution in [3.63, 3.8) is 0 Å². The summed E-state index contributed by atoms with van der Waals surface area (Å²) in [4.78, 5) is 10.8.